The quantitative estimate of drug-likeness (QED) is 0.658. The van der Waals surface area contributed by atoms with Crippen LogP contribution in [0, 0.1) is 11.6 Å². The van der Waals surface area contributed by atoms with Crippen LogP contribution in [-0.2, 0) is 4.79 Å². The summed E-state index contributed by atoms with van der Waals surface area (Å²) in [6.45, 7) is 1.92. The molecule has 2 aromatic carbocycles. The van der Waals surface area contributed by atoms with Gasteiger partial charge >= 0.3 is 0 Å². The van der Waals surface area contributed by atoms with Gasteiger partial charge in [0.15, 0.2) is 10.9 Å². The second-order valence-corrected chi connectivity index (χ2v) is 7.72. The SMILES string of the molecule is CCC(C(=O)Nc1nc2c(F)cc(F)cc2s1)N(C)c1ccc(N(C)C)cc1. The van der Waals surface area contributed by atoms with Gasteiger partial charge in [-0.2, -0.15) is 0 Å². The van der Waals surface area contributed by atoms with Crippen LogP contribution >= 0.6 is 11.3 Å². The number of hydrogen-bond donors (Lipinski definition) is 1. The first-order chi connectivity index (χ1) is 13.3. The lowest BCUT2D eigenvalue weighted by atomic mass is 10.1. The number of anilines is 3. The van der Waals surface area contributed by atoms with Crippen LogP contribution < -0.4 is 15.1 Å². The molecular formula is C20H22F2N4OS. The number of halogens is 2. The van der Waals surface area contributed by atoms with Crippen molar-refractivity contribution in [1.29, 1.82) is 0 Å². The highest BCUT2D eigenvalue weighted by Crippen LogP contribution is 2.29. The molecule has 3 rings (SSSR count). The number of amides is 1. The van der Waals surface area contributed by atoms with Crippen LogP contribution in [0.25, 0.3) is 10.2 Å². The third-order valence-corrected chi connectivity index (χ3v) is 5.49. The first-order valence-electron chi connectivity index (χ1n) is 8.86. The molecule has 1 amide bonds. The molecule has 0 fully saturated rings. The van der Waals surface area contributed by atoms with Crippen molar-refractivity contribution >= 4 is 44.0 Å². The number of rotatable bonds is 6. The van der Waals surface area contributed by atoms with Crippen molar-refractivity contribution in [3.8, 4) is 0 Å². The molecule has 0 spiro atoms. The normalized spacial score (nSPS) is 12.1. The lowest BCUT2D eigenvalue weighted by molar-refractivity contribution is -0.117. The van der Waals surface area contributed by atoms with Gasteiger partial charge in [0, 0.05) is 38.6 Å². The predicted molar refractivity (Wildman–Crippen MR) is 111 cm³/mol. The van der Waals surface area contributed by atoms with Gasteiger partial charge in [-0.25, -0.2) is 13.8 Å². The lowest BCUT2D eigenvalue weighted by Crippen LogP contribution is -2.41. The summed E-state index contributed by atoms with van der Waals surface area (Å²) in [4.78, 5) is 20.8. The molecule has 3 aromatic rings. The van der Waals surface area contributed by atoms with Crippen LogP contribution in [0.5, 0.6) is 0 Å². The topological polar surface area (TPSA) is 48.5 Å². The van der Waals surface area contributed by atoms with Crippen molar-refractivity contribution < 1.29 is 13.6 Å². The Balaban J connectivity index is 1.78. The van der Waals surface area contributed by atoms with Crippen LogP contribution in [0.15, 0.2) is 36.4 Å². The standard InChI is InChI=1S/C20H22F2N4OS/c1-5-16(26(4)14-8-6-13(7-9-14)25(2)3)19(27)24-20-23-18-15(22)10-12(21)11-17(18)28-20/h6-11,16H,5H2,1-4H3,(H,23,24,27). The van der Waals surface area contributed by atoms with Crippen molar-refractivity contribution in [1.82, 2.24) is 4.98 Å². The zero-order valence-electron chi connectivity index (χ0n) is 16.2. The molecule has 0 aliphatic rings. The minimum atomic E-state index is -0.739. The molecule has 1 aromatic heterocycles. The van der Waals surface area contributed by atoms with Gasteiger partial charge in [0.05, 0.1) is 4.70 Å². The van der Waals surface area contributed by atoms with Gasteiger partial charge in [-0.3, -0.25) is 4.79 Å². The van der Waals surface area contributed by atoms with E-state index >= 15 is 0 Å². The van der Waals surface area contributed by atoms with Gasteiger partial charge in [-0.05, 0) is 36.8 Å². The number of carbonyl (C=O) groups excluding carboxylic acids is 1. The van der Waals surface area contributed by atoms with E-state index in [2.05, 4.69) is 10.3 Å². The van der Waals surface area contributed by atoms with Gasteiger partial charge in [0.2, 0.25) is 5.91 Å². The Kier molecular flexibility index (Phi) is 5.79. The molecule has 0 aliphatic carbocycles. The monoisotopic (exact) mass is 404 g/mol. The molecule has 1 heterocycles. The first-order valence-corrected chi connectivity index (χ1v) is 9.68. The minimum Gasteiger partial charge on any atom is -0.378 e. The van der Waals surface area contributed by atoms with Crippen LogP contribution in [0.4, 0.5) is 25.3 Å². The molecule has 5 nitrogen and oxygen atoms in total. The Morgan fingerprint density at radius 1 is 1.14 bits per heavy atom. The lowest BCUT2D eigenvalue weighted by Gasteiger charge is -2.28. The summed E-state index contributed by atoms with van der Waals surface area (Å²) in [6, 6.07) is 9.46. The van der Waals surface area contributed by atoms with Gasteiger partial charge in [-0.15, -0.1) is 0 Å². The number of likely N-dealkylation sites (N-methyl/N-ethyl adjacent to an activating group) is 1. The second kappa shape index (κ2) is 8.10. The highest BCUT2D eigenvalue weighted by Gasteiger charge is 2.23. The predicted octanol–water partition coefficient (Wildman–Crippen LogP) is 4.49. The number of nitrogens with one attached hydrogen (secondary N) is 1. The largest absolute Gasteiger partial charge is 0.378 e. The summed E-state index contributed by atoms with van der Waals surface area (Å²) in [5.74, 6) is -1.66. The van der Waals surface area contributed by atoms with E-state index in [9.17, 15) is 13.6 Å². The molecule has 1 N–H and O–H groups in total. The Hall–Kier alpha value is -2.74. The number of carbonyl (C=O) groups is 1. The molecule has 1 atom stereocenters. The Labute approximate surface area is 166 Å². The fraction of sp³-hybridized carbons (Fsp3) is 0.300. The van der Waals surface area contributed by atoms with Crippen molar-refractivity contribution in [2.45, 2.75) is 19.4 Å². The van der Waals surface area contributed by atoms with E-state index < -0.39 is 17.7 Å². The average Bonchev–Trinajstić information content (AvgIpc) is 3.04. The summed E-state index contributed by atoms with van der Waals surface area (Å²) in [5, 5.41) is 2.99. The number of hydrogen-bond acceptors (Lipinski definition) is 5. The number of benzene rings is 2. The van der Waals surface area contributed by atoms with E-state index in [4.69, 9.17) is 0 Å². The Bertz CT molecular complexity index is 988. The summed E-state index contributed by atoms with van der Waals surface area (Å²) < 4.78 is 27.6. The third-order valence-electron chi connectivity index (χ3n) is 4.57. The summed E-state index contributed by atoms with van der Waals surface area (Å²) in [6.07, 6.45) is 0.575. The smallest absolute Gasteiger partial charge is 0.248 e. The number of thiazole rings is 1. The van der Waals surface area contributed by atoms with Crippen LogP contribution in [0.3, 0.4) is 0 Å². The van der Waals surface area contributed by atoms with Crippen molar-refractivity contribution in [3.05, 3.63) is 48.0 Å². The van der Waals surface area contributed by atoms with Gasteiger partial charge < -0.3 is 15.1 Å². The van der Waals surface area contributed by atoms with Crippen LogP contribution in [0.1, 0.15) is 13.3 Å². The fourth-order valence-corrected chi connectivity index (χ4v) is 3.91. The maximum atomic E-state index is 13.8. The fourth-order valence-electron chi connectivity index (χ4n) is 3.00. The van der Waals surface area contributed by atoms with E-state index in [0.717, 1.165) is 28.8 Å². The molecular weight excluding hydrogens is 382 g/mol. The first kappa shape index (κ1) is 20.0. The average molecular weight is 404 g/mol. The van der Waals surface area contributed by atoms with E-state index in [1.807, 2.05) is 62.1 Å². The van der Waals surface area contributed by atoms with Gasteiger partial charge in [0.25, 0.3) is 0 Å². The Morgan fingerprint density at radius 2 is 1.79 bits per heavy atom. The molecule has 1 unspecified atom stereocenters. The second-order valence-electron chi connectivity index (χ2n) is 6.69. The maximum Gasteiger partial charge on any atom is 0.248 e. The van der Waals surface area contributed by atoms with Crippen molar-refractivity contribution in [3.63, 3.8) is 0 Å². The van der Waals surface area contributed by atoms with Crippen LogP contribution in [-0.4, -0.2) is 38.1 Å². The van der Waals surface area contributed by atoms with Crippen LogP contribution in [0.2, 0.25) is 0 Å². The number of fused-ring (bicyclic) bond motifs is 1. The van der Waals surface area contributed by atoms with Crippen molar-refractivity contribution in [2.24, 2.45) is 0 Å². The van der Waals surface area contributed by atoms with Gasteiger partial charge in [-0.1, -0.05) is 18.3 Å². The van der Waals surface area contributed by atoms with E-state index in [0.29, 0.717) is 11.1 Å². The molecule has 0 saturated heterocycles. The minimum absolute atomic E-state index is 0.0578. The van der Waals surface area contributed by atoms with Gasteiger partial charge in [0.1, 0.15) is 17.4 Å². The number of nitrogens with zero attached hydrogens (tertiary/aromatic N) is 3. The summed E-state index contributed by atoms with van der Waals surface area (Å²) >= 11 is 1.05. The molecule has 148 valence electrons. The van der Waals surface area contributed by atoms with Crippen molar-refractivity contribution in [2.75, 3.05) is 36.3 Å². The van der Waals surface area contributed by atoms with E-state index in [1.165, 1.54) is 6.07 Å². The highest BCUT2D eigenvalue weighted by atomic mass is 32.1. The Morgan fingerprint density at radius 3 is 2.39 bits per heavy atom. The summed E-state index contributed by atoms with van der Waals surface area (Å²) in [7, 11) is 5.78. The zero-order valence-corrected chi connectivity index (χ0v) is 17.0. The highest BCUT2D eigenvalue weighted by molar-refractivity contribution is 7.22. The molecule has 0 saturated carbocycles. The number of aromatic nitrogens is 1. The maximum absolute atomic E-state index is 13.8. The third kappa shape index (κ3) is 4.06. The molecule has 0 bridgehead atoms. The molecule has 28 heavy (non-hydrogen) atoms. The summed E-state index contributed by atoms with van der Waals surface area (Å²) in [5.41, 5.74) is 2.03. The van der Waals surface area contributed by atoms with E-state index in [1.54, 1.807) is 0 Å². The molecule has 8 heteroatoms. The molecule has 0 aliphatic heterocycles. The molecule has 0 radical (unpaired) electrons. The van der Waals surface area contributed by atoms with E-state index in [-0.39, 0.29) is 16.6 Å². The zero-order chi connectivity index (χ0) is 20.4.